The summed E-state index contributed by atoms with van der Waals surface area (Å²) < 4.78 is 0. The van der Waals surface area contributed by atoms with Crippen molar-refractivity contribution in [3.05, 3.63) is 29.6 Å². The van der Waals surface area contributed by atoms with E-state index in [1.807, 2.05) is 19.9 Å². The maximum atomic E-state index is 11.3. The molecule has 1 heterocycles. The summed E-state index contributed by atoms with van der Waals surface area (Å²) in [5.74, 6) is 0.278. The second-order valence-electron chi connectivity index (χ2n) is 3.30. The fourth-order valence-electron chi connectivity index (χ4n) is 1.60. The molecule has 0 aromatic carbocycles. The first-order chi connectivity index (χ1) is 6.16. The zero-order valence-electron chi connectivity index (χ0n) is 8.37. The highest BCUT2D eigenvalue weighted by atomic mass is 16.1. The summed E-state index contributed by atoms with van der Waals surface area (Å²) >= 11 is 0. The summed E-state index contributed by atoms with van der Waals surface area (Å²) in [7, 11) is 0. The van der Waals surface area contributed by atoms with E-state index in [0.717, 1.165) is 17.5 Å². The monoisotopic (exact) mass is 177 g/mol. The van der Waals surface area contributed by atoms with Gasteiger partial charge in [-0.15, -0.1) is 0 Å². The molecule has 0 aliphatic carbocycles. The minimum Gasteiger partial charge on any atom is -0.299 e. The Hall–Kier alpha value is -1.18. The molecule has 0 spiro atoms. The van der Waals surface area contributed by atoms with Crippen LogP contribution in [0.2, 0.25) is 0 Å². The lowest BCUT2D eigenvalue weighted by Crippen LogP contribution is -2.09. The van der Waals surface area contributed by atoms with Gasteiger partial charge in [0.15, 0.2) is 0 Å². The summed E-state index contributed by atoms with van der Waals surface area (Å²) in [5, 5.41) is 0. The van der Waals surface area contributed by atoms with Gasteiger partial charge < -0.3 is 0 Å². The van der Waals surface area contributed by atoms with Crippen LogP contribution in [0.1, 0.15) is 37.3 Å². The molecule has 0 aliphatic heterocycles. The summed E-state index contributed by atoms with van der Waals surface area (Å²) in [6, 6.07) is 1.94. The minimum atomic E-state index is 0.0444. The zero-order valence-corrected chi connectivity index (χ0v) is 8.37. The van der Waals surface area contributed by atoms with Gasteiger partial charge in [0.05, 0.1) is 0 Å². The molecule has 1 atom stereocenters. The Morgan fingerprint density at radius 2 is 2.31 bits per heavy atom. The van der Waals surface area contributed by atoms with Gasteiger partial charge in [0.25, 0.3) is 0 Å². The Bertz CT molecular complexity index is 307. The van der Waals surface area contributed by atoms with Gasteiger partial charge in [-0.3, -0.25) is 9.78 Å². The van der Waals surface area contributed by atoms with Crippen molar-refractivity contribution in [3.63, 3.8) is 0 Å². The van der Waals surface area contributed by atoms with Crippen molar-refractivity contribution in [2.45, 2.75) is 33.1 Å². The van der Waals surface area contributed by atoms with Gasteiger partial charge in [0.1, 0.15) is 5.78 Å². The van der Waals surface area contributed by atoms with Crippen molar-refractivity contribution >= 4 is 5.78 Å². The van der Waals surface area contributed by atoms with E-state index in [1.54, 1.807) is 19.3 Å². The van der Waals surface area contributed by atoms with Gasteiger partial charge in [0.2, 0.25) is 0 Å². The fourth-order valence-corrected chi connectivity index (χ4v) is 1.60. The molecular formula is C11H15NO. The number of hydrogen-bond donors (Lipinski definition) is 0. The molecule has 1 aromatic heterocycles. The number of rotatable bonds is 3. The fraction of sp³-hybridized carbons (Fsp3) is 0.455. The molecule has 2 nitrogen and oxygen atoms in total. The van der Waals surface area contributed by atoms with Crippen molar-refractivity contribution in [2.75, 3.05) is 0 Å². The van der Waals surface area contributed by atoms with Crippen LogP contribution in [0.15, 0.2) is 18.5 Å². The molecule has 1 unspecified atom stereocenters. The molecule has 0 saturated carbocycles. The van der Waals surface area contributed by atoms with E-state index in [9.17, 15) is 4.79 Å². The van der Waals surface area contributed by atoms with E-state index >= 15 is 0 Å². The molecule has 0 saturated heterocycles. The van der Waals surface area contributed by atoms with E-state index in [2.05, 4.69) is 4.98 Å². The standard InChI is InChI=1S/C11H15NO/c1-4-10(9(3)13)11-5-6-12-7-8(11)2/h5-7,10H,4H2,1-3H3. The predicted octanol–water partition coefficient (Wildman–Crippen LogP) is 2.47. The molecule has 13 heavy (non-hydrogen) atoms. The molecule has 0 N–H and O–H groups in total. The average Bonchev–Trinajstić information content (AvgIpc) is 2.09. The molecule has 2 heteroatoms. The highest BCUT2D eigenvalue weighted by molar-refractivity contribution is 5.83. The molecule has 0 fully saturated rings. The van der Waals surface area contributed by atoms with Crippen LogP contribution in [0, 0.1) is 6.92 Å². The summed E-state index contributed by atoms with van der Waals surface area (Å²) in [5.41, 5.74) is 2.22. The Morgan fingerprint density at radius 3 is 2.77 bits per heavy atom. The molecule has 1 aromatic rings. The van der Waals surface area contributed by atoms with Gasteiger partial charge in [-0.1, -0.05) is 6.92 Å². The third kappa shape index (κ3) is 2.14. The topological polar surface area (TPSA) is 30.0 Å². The largest absolute Gasteiger partial charge is 0.299 e. The smallest absolute Gasteiger partial charge is 0.137 e. The van der Waals surface area contributed by atoms with Crippen LogP contribution >= 0.6 is 0 Å². The average molecular weight is 177 g/mol. The highest BCUT2D eigenvalue weighted by Crippen LogP contribution is 2.22. The van der Waals surface area contributed by atoms with E-state index in [0.29, 0.717) is 0 Å². The van der Waals surface area contributed by atoms with E-state index < -0.39 is 0 Å². The number of carbonyl (C=O) groups is 1. The summed E-state index contributed by atoms with van der Waals surface area (Å²) in [6.07, 6.45) is 4.41. The Morgan fingerprint density at radius 1 is 1.62 bits per heavy atom. The third-order valence-corrected chi connectivity index (χ3v) is 2.34. The van der Waals surface area contributed by atoms with Crippen molar-refractivity contribution in [2.24, 2.45) is 0 Å². The molecule has 0 aliphatic rings. The van der Waals surface area contributed by atoms with Crippen molar-refractivity contribution in [1.29, 1.82) is 0 Å². The molecule has 0 radical (unpaired) electrons. The molecule has 1 rings (SSSR count). The number of aryl methyl sites for hydroxylation is 1. The number of Topliss-reactive ketones (excluding diaryl/α,β-unsaturated/α-hetero) is 1. The minimum absolute atomic E-state index is 0.0444. The Kier molecular flexibility index (Phi) is 3.18. The Labute approximate surface area is 79.0 Å². The van der Waals surface area contributed by atoms with Crippen LogP contribution in [0.4, 0.5) is 0 Å². The first-order valence-corrected chi connectivity index (χ1v) is 4.57. The van der Waals surface area contributed by atoms with Crippen molar-refractivity contribution in [3.8, 4) is 0 Å². The van der Waals surface area contributed by atoms with Crippen LogP contribution in [-0.4, -0.2) is 10.8 Å². The second-order valence-corrected chi connectivity index (χ2v) is 3.30. The van der Waals surface area contributed by atoms with Crippen LogP contribution < -0.4 is 0 Å². The van der Waals surface area contributed by atoms with E-state index in [4.69, 9.17) is 0 Å². The first-order valence-electron chi connectivity index (χ1n) is 4.57. The SMILES string of the molecule is CCC(C(C)=O)c1ccncc1C. The molecule has 0 bridgehead atoms. The lowest BCUT2D eigenvalue weighted by atomic mass is 9.91. The lowest BCUT2D eigenvalue weighted by molar-refractivity contribution is -0.118. The van der Waals surface area contributed by atoms with Crippen molar-refractivity contribution < 1.29 is 4.79 Å². The normalized spacial score (nSPS) is 12.5. The van der Waals surface area contributed by atoms with Gasteiger partial charge >= 0.3 is 0 Å². The maximum absolute atomic E-state index is 11.3. The van der Waals surface area contributed by atoms with Crippen LogP contribution in [0.5, 0.6) is 0 Å². The molecule has 70 valence electrons. The lowest BCUT2D eigenvalue weighted by Gasteiger charge is -2.13. The first kappa shape index (κ1) is 9.90. The second kappa shape index (κ2) is 4.17. The highest BCUT2D eigenvalue weighted by Gasteiger charge is 2.15. The third-order valence-electron chi connectivity index (χ3n) is 2.34. The van der Waals surface area contributed by atoms with Crippen LogP contribution in [-0.2, 0) is 4.79 Å². The number of aromatic nitrogens is 1. The quantitative estimate of drug-likeness (QED) is 0.710. The van der Waals surface area contributed by atoms with Crippen LogP contribution in [0.25, 0.3) is 0 Å². The zero-order chi connectivity index (χ0) is 9.84. The predicted molar refractivity (Wildman–Crippen MR) is 52.7 cm³/mol. The molecule has 0 amide bonds. The van der Waals surface area contributed by atoms with Gasteiger partial charge in [-0.2, -0.15) is 0 Å². The van der Waals surface area contributed by atoms with Gasteiger partial charge in [0, 0.05) is 18.3 Å². The number of ketones is 1. The summed E-state index contributed by atoms with van der Waals surface area (Å²) in [4.78, 5) is 15.3. The van der Waals surface area contributed by atoms with Crippen molar-refractivity contribution in [1.82, 2.24) is 4.98 Å². The number of nitrogens with zero attached hydrogens (tertiary/aromatic N) is 1. The number of pyridine rings is 1. The van der Waals surface area contributed by atoms with E-state index in [1.165, 1.54) is 0 Å². The number of carbonyl (C=O) groups excluding carboxylic acids is 1. The van der Waals surface area contributed by atoms with E-state index in [-0.39, 0.29) is 11.7 Å². The number of hydrogen-bond acceptors (Lipinski definition) is 2. The van der Waals surface area contributed by atoms with Gasteiger partial charge in [-0.25, -0.2) is 0 Å². The van der Waals surface area contributed by atoms with Gasteiger partial charge in [-0.05, 0) is 37.5 Å². The molecular weight excluding hydrogens is 162 g/mol. The Balaban J connectivity index is 3.04. The summed E-state index contributed by atoms with van der Waals surface area (Å²) in [6.45, 7) is 5.67. The maximum Gasteiger partial charge on any atom is 0.137 e. The van der Waals surface area contributed by atoms with Crippen LogP contribution in [0.3, 0.4) is 0 Å².